The molecule has 3 rings (SSSR count). The molecule has 19 heavy (non-hydrogen) atoms. The Morgan fingerprint density at radius 3 is 2.63 bits per heavy atom. The molecule has 1 atom stereocenters. The van der Waals surface area contributed by atoms with Gasteiger partial charge < -0.3 is 10.2 Å². The molecule has 3 aliphatic rings. The third kappa shape index (κ3) is 2.64. The van der Waals surface area contributed by atoms with Crippen LogP contribution in [0.4, 0.5) is 0 Å². The van der Waals surface area contributed by atoms with Crippen molar-refractivity contribution < 1.29 is 13.2 Å². The van der Waals surface area contributed by atoms with E-state index < -0.39 is 10.0 Å². The number of hydrogen-bond acceptors (Lipinski definition) is 4. The minimum atomic E-state index is -3.10. The maximum atomic E-state index is 12.3. The van der Waals surface area contributed by atoms with Gasteiger partial charge in [-0.3, -0.25) is 4.79 Å². The largest absolute Gasteiger partial charge is 0.336 e. The zero-order valence-corrected chi connectivity index (χ0v) is 11.9. The number of piperidine rings is 1. The highest BCUT2D eigenvalue weighted by atomic mass is 32.2. The van der Waals surface area contributed by atoms with Gasteiger partial charge in [-0.15, -0.1) is 0 Å². The lowest BCUT2D eigenvalue weighted by Gasteiger charge is -2.40. The number of carbonyl (C=O) groups excluding carboxylic acids is 1. The van der Waals surface area contributed by atoms with Gasteiger partial charge in [-0.1, -0.05) is 0 Å². The summed E-state index contributed by atoms with van der Waals surface area (Å²) in [4.78, 5) is 13.8. The lowest BCUT2D eigenvalue weighted by molar-refractivity contribution is -0.135. The zero-order chi connectivity index (χ0) is 13.5. The molecule has 0 spiro atoms. The molecule has 0 aromatic carbocycles. The van der Waals surface area contributed by atoms with Crippen LogP contribution >= 0.6 is 0 Å². The third-order valence-corrected chi connectivity index (χ3v) is 6.60. The molecular weight excluding hydrogens is 266 g/mol. The number of carbonyl (C=O) groups is 1. The highest BCUT2D eigenvalue weighted by Crippen LogP contribution is 2.32. The quantitative estimate of drug-likeness (QED) is 0.751. The van der Waals surface area contributed by atoms with E-state index in [1.54, 1.807) is 4.31 Å². The van der Waals surface area contributed by atoms with E-state index in [2.05, 4.69) is 5.32 Å². The van der Waals surface area contributed by atoms with Crippen LogP contribution in [-0.2, 0) is 14.8 Å². The number of hydrogen-bond donors (Lipinski definition) is 1. The van der Waals surface area contributed by atoms with Crippen LogP contribution in [0.15, 0.2) is 0 Å². The molecule has 2 heterocycles. The van der Waals surface area contributed by atoms with E-state index in [4.69, 9.17) is 0 Å². The Labute approximate surface area is 114 Å². The second kappa shape index (κ2) is 5.03. The first-order valence-electron chi connectivity index (χ1n) is 7.08. The van der Waals surface area contributed by atoms with Crippen LogP contribution in [0.1, 0.15) is 25.7 Å². The maximum Gasteiger partial charge on any atom is 0.236 e. The fourth-order valence-corrected chi connectivity index (χ4v) is 4.91. The van der Waals surface area contributed by atoms with E-state index in [-0.39, 0.29) is 17.2 Å². The highest BCUT2D eigenvalue weighted by Gasteiger charge is 2.42. The van der Waals surface area contributed by atoms with Gasteiger partial charge in [-0.25, -0.2) is 8.42 Å². The molecule has 6 nitrogen and oxygen atoms in total. The van der Waals surface area contributed by atoms with Crippen molar-refractivity contribution in [2.45, 2.75) is 37.0 Å². The van der Waals surface area contributed by atoms with Gasteiger partial charge in [0.25, 0.3) is 0 Å². The predicted molar refractivity (Wildman–Crippen MR) is 71.1 cm³/mol. The second-order valence-corrected chi connectivity index (χ2v) is 7.88. The second-order valence-electron chi connectivity index (χ2n) is 5.66. The molecule has 1 saturated carbocycles. The van der Waals surface area contributed by atoms with Crippen molar-refractivity contribution in [2.75, 3.05) is 32.7 Å². The Kier molecular flexibility index (Phi) is 3.53. The number of nitrogens with zero attached hydrogens (tertiary/aromatic N) is 2. The van der Waals surface area contributed by atoms with E-state index >= 15 is 0 Å². The molecule has 0 bridgehead atoms. The summed E-state index contributed by atoms with van der Waals surface area (Å²) in [6.07, 6.45) is 3.38. The summed E-state index contributed by atoms with van der Waals surface area (Å²) < 4.78 is 26.2. The van der Waals surface area contributed by atoms with Crippen molar-refractivity contribution in [2.24, 2.45) is 0 Å². The van der Waals surface area contributed by atoms with Crippen molar-refractivity contribution in [3.8, 4) is 0 Å². The van der Waals surface area contributed by atoms with Crippen molar-refractivity contribution in [1.29, 1.82) is 0 Å². The summed E-state index contributed by atoms with van der Waals surface area (Å²) in [6, 6.07) is 0.0666. The van der Waals surface area contributed by atoms with Gasteiger partial charge in [0, 0.05) is 32.2 Å². The molecular formula is C12H21N3O3S. The topological polar surface area (TPSA) is 69.7 Å². The molecule has 1 N–H and O–H groups in total. The summed E-state index contributed by atoms with van der Waals surface area (Å²) in [6.45, 7) is 2.99. The Balaban J connectivity index is 1.69. The Hall–Kier alpha value is -0.660. The average Bonchev–Trinajstić information content (AvgIpc) is 3.24. The van der Waals surface area contributed by atoms with Gasteiger partial charge in [-0.2, -0.15) is 4.31 Å². The molecule has 1 aliphatic carbocycles. The van der Waals surface area contributed by atoms with E-state index in [1.807, 2.05) is 4.90 Å². The molecule has 108 valence electrons. The van der Waals surface area contributed by atoms with Crippen LogP contribution in [0.25, 0.3) is 0 Å². The van der Waals surface area contributed by atoms with E-state index in [0.29, 0.717) is 26.2 Å². The first-order valence-corrected chi connectivity index (χ1v) is 8.58. The Morgan fingerprint density at radius 2 is 1.95 bits per heavy atom. The van der Waals surface area contributed by atoms with E-state index in [1.165, 1.54) is 0 Å². The SMILES string of the molecule is O=C1CNCCN1C1CCCN(S(=O)(=O)C2CC2)C1. The van der Waals surface area contributed by atoms with Gasteiger partial charge in [0.2, 0.25) is 15.9 Å². The highest BCUT2D eigenvalue weighted by molar-refractivity contribution is 7.90. The number of sulfonamides is 1. The van der Waals surface area contributed by atoms with Crippen LogP contribution in [0, 0.1) is 0 Å². The maximum absolute atomic E-state index is 12.3. The summed E-state index contributed by atoms with van der Waals surface area (Å²) in [5, 5.41) is 2.90. The van der Waals surface area contributed by atoms with Gasteiger partial charge in [0.05, 0.1) is 11.8 Å². The first-order chi connectivity index (χ1) is 9.09. The van der Waals surface area contributed by atoms with Crippen molar-refractivity contribution in [1.82, 2.24) is 14.5 Å². The molecule has 1 amide bonds. The lowest BCUT2D eigenvalue weighted by Crippen LogP contribution is -2.57. The van der Waals surface area contributed by atoms with Gasteiger partial charge in [0.15, 0.2) is 0 Å². The fraction of sp³-hybridized carbons (Fsp3) is 0.917. The van der Waals surface area contributed by atoms with Gasteiger partial charge in [-0.05, 0) is 25.7 Å². The summed E-state index contributed by atoms with van der Waals surface area (Å²) in [7, 11) is -3.10. The standard InChI is InChI=1S/C12H21N3O3S/c16-12-8-13-5-7-15(12)10-2-1-6-14(9-10)19(17,18)11-3-4-11/h10-11,13H,1-9H2. The van der Waals surface area contributed by atoms with Crippen LogP contribution in [0.3, 0.4) is 0 Å². The first kappa shape index (κ1) is 13.3. The van der Waals surface area contributed by atoms with Crippen LogP contribution in [-0.4, -0.2) is 67.5 Å². The third-order valence-electron chi connectivity index (χ3n) is 4.23. The van der Waals surface area contributed by atoms with Crippen molar-refractivity contribution in [3.05, 3.63) is 0 Å². The monoisotopic (exact) mass is 287 g/mol. The summed E-state index contributed by atoms with van der Waals surface area (Å²) in [5.74, 6) is 0.0990. The summed E-state index contributed by atoms with van der Waals surface area (Å²) in [5.41, 5.74) is 0. The van der Waals surface area contributed by atoms with Gasteiger partial charge >= 0.3 is 0 Å². The van der Waals surface area contributed by atoms with Crippen LogP contribution < -0.4 is 5.32 Å². The zero-order valence-electron chi connectivity index (χ0n) is 11.0. The molecule has 0 aromatic rings. The van der Waals surface area contributed by atoms with E-state index in [9.17, 15) is 13.2 Å². The molecule has 0 radical (unpaired) electrons. The molecule has 1 unspecified atom stereocenters. The van der Waals surface area contributed by atoms with Crippen LogP contribution in [0.5, 0.6) is 0 Å². The molecule has 7 heteroatoms. The predicted octanol–water partition coefficient (Wildman–Crippen LogP) is -0.625. The van der Waals surface area contributed by atoms with Gasteiger partial charge in [0.1, 0.15) is 0 Å². The number of nitrogens with one attached hydrogen (secondary N) is 1. The molecule has 3 fully saturated rings. The minimum Gasteiger partial charge on any atom is -0.336 e. The fourth-order valence-electron chi connectivity index (χ4n) is 2.99. The van der Waals surface area contributed by atoms with Crippen molar-refractivity contribution >= 4 is 15.9 Å². The number of amides is 1. The summed E-state index contributed by atoms with van der Waals surface area (Å²) >= 11 is 0. The average molecular weight is 287 g/mol. The minimum absolute atomic E-state index is 0.0666. The Morgan fingerprint density at radius 1 is 1.16 bits per heavy atom. The molecule has 2 saturated heterocycles. The lowest BCUT2D eigenvalue weighted by atomic mass is 10.1. The van der Waals surface area contributed by atoms with Crippen molar-refractivity contribution in [3.63, 3.8) is 0 Å². The number of piperazine rings is 1. The molecule has 0 aromatic heterocycles. The molecule has 2 aliphatic heterocycles. The normalized spacial score (nSPS) is 30.6. The smallest absolute Gasteiger partial charge is 0.236 e. The van der Waals surface area contributed by atoms with Crippen LogP contribution in [0.2, 0.25) is 0 Å². The number of rotatable bonds is 3. The Bertz CT molecular complexity index is 461. The van der Waals surface area contributed by atoms with E-state index in [0.717, 1.165) is 32.2 Å².